The molecule has 0 rings (SSSR count). The van der Waals surface area contributed by atoms with Crippen molar-refractivity contribution in [3.63, 3.8) is 0 Å². The molecule has 0 aromatic carbocycles. The highest BCUT2D eigenvalue weighted by Gasteiger charge is 2.14. The quantitative estimate of drug-likeness (QED) is 0.552. The summed E-state index contributed by atoms with van der Waals surface area (Å²) in [5, 5.41) is -0.580. The second kappa shape index (κ2) is 4.70. The molecular weight excluding hydrogens is 186 g/mol. The van der Waals surface area contributed by atoms with E-state index in [-0.39, 0.29) is 12.6 Å². The van der Waals surface area contributed by atoms with Crippen LogP contribution in [0.15, 0.2) is 11.9 Å². The van der Waals surface area contributed by atoms with Gasteiger partial charge in [-0.3, -0.25) is 9.36 Å². The molecule has 64 valence electrons. The second-order valence-corrected chi connectivity index (χ2v) is 4.74. The van der Waals surface area contributed by atoms with Crippen molar-refractivity contribution < 1.29 is 14.3 Å². The highest BCUT2D eigenvalue weighted by Crippen LogP contribution is 2.42. The molecule has 0 bridgehead atoms. The van der Waals surface area contributed by atoms with Gasteiger partial charge >= 0.3 is 0 Å². The van der Waals surface area contributed by atoms with E-state index < -0.39 is 12.6 Å². The van der Waals surface area contributed by atoms with Crippen molar-refractivity contribution in [1.82, 2.24) is 0 Å². The third kappa shape index (κ3) is 6.29. The van der Waals surface area contributed by atoms with Gasteiger partial charge in [-0.05, 0) is 24.3 Å². The maximum absolute atomic E-state index is 11.0. The topological polar surface area (TPSA) is 54.4 Å². The fourth-order valence-corrected chi connectivity index (χ4v) is 1.92. The van der Waals surface area contributed by atoms with Crippen LogP contribution in [0.4, 0.5) is 0 Å². The number of hydrogen-bond acceptors (Lipinski definition) is 2. The summed E-state index contributed by atoms with van der Waals surface area (Å²) < 4.78 is 11.0. The third-order valence-corrected chi connectivity index (χ3v) is 2.83. The smallest absolute Gasteiger partial charge is 0.222 e. The van der Waals surface area contributed by atoms with Gasteiger partial charge in [0.05, 0.1) is 0 Å². The number of hydrogen-bond donors (Lipinski definition) is 1. The Labute approximate surface area is 70.5 Å². The Balaban J connectivity index is 3.93. The molecule has 0 aliphatic rings. The Morgan fingerprint density at radius 2 is 2.27 bits per heavy atom. The van der Waals surface area contributed by atoms with Gasteiger partial charge in [0.15, 0.2) is 0 Å². The molecule has 1 atom stereocenters. The normalized spacial score (nSPS) is 16.6. The molecule has 0 spiro atoms. The van der Waals surface area contributed by atoms with Gasteiger partial charge in [-0.1, -0.05) is 6.08 Å². The van der Waals surface area contributed by atoms with E-state index in [4.69, 9.17) is 16.5 Å². The summed E-state index contributed by atoms with van der Waals surface area (Å²) in [6, 6.07) is 0. The first-order valence-corrected chi connectivity index (χ1v) is 5.41. The van der Waals surface area contributed by atoms with Crippen molar-refractivity contribution in [2.24, 2.45) is 0 Å². The highest BCUT2D eigenvalue weighted by molar-refractivity contribution is 7.61. The summed E-state index contributed by atoms with van der Waals surface area (Å²) in [7, 11) is -3.23. The Morgan fingerprint density at radius 1 is 1.73 bits per heavy atom. The summed E-state index contributed by atoms with van der Waals surface area (Å²) in [5.41, 5.74) is 0. The zero-order chi connectivity index (χ0) is 8.91. The summed E-state index contributed by atoms with van der Waals surface area (Å²) >= 11 is 4.99. The van der Waals surface area contributed by atoms with Crippen LogP contribution in [0.2, 0.25) is 0 Å². The lowest BCUT2D eigenvalue weighted by Crippen LogP contribution is -1.92. The lowest BCUT2D eigenvalue weighted by molar-refractivity contribution is -0.111. The Bertz CT molecular complexity index is 212. The standard InChI is InChI=1S/C6H10ClO3P/c1-2-4-11(9,10)5-3-6(7)8/h2,4H,3,5H2,1H3,(H,9,10). The second-order valence-electron chi connectivity index (χ2n) is 2.07. The maximum atomic E-state index is 11.0. The Morgan fingerprint density at radius 3 is 2.64 bits per heavy atom. The van der Waals surface area contributed by atoms with E-state index in [0.29, 0.717) is 0 Å². The fraction of sp³-hybridized carbons (Fsp3) is 0.500. The van der Waals surface area contributed by atoms with Gasteiger partial charge in [0.2, 0.25) is 12.6 Å². The predicted molar refractivity (Wildman–Crippen MR) is 45.0 cm³/mol. The van der Waals surface area contributed by atoms with Gasteiger partial charge in [0.1, 0.15) is 0 Å². The van der Waals surface area contributed by atoms with E-state index in [1.165, 1.54) is 11.9 Å². The van der Waals surface area contributed by atoms with Gasteiger partial charge < -0.3 is 4.89 Å². The molecule has 0 radical (unpaired) electrons. The molecule has 1 N–H and O–H groups in total. The van der Waals surface area contributed by atoms with Crippen LogP contribution in [-0.4, -0.2) is 16.3 Å². The van der Waals surface area contributed by atoms with Gasteiger partial charge in [-0.15, -0.1) is 0 Å². The molecule has 11 heavy (non-hydrogen) atoms. The van der Waals surface area contributed by atoms with Crippen molar-refractivity contribution in [3.05, 3.63) is 11.9 Å². The molecule has 0 aromatic heterocycles. The van der Waals surface area contributed by atoms with Crippen LogP contribution < -0.4 is 0 Å². The van der Waals surface area contributed by atoms with Crippen LogP contribution in [0.3, 0.4) is 0 Å². The van der Waals surface area contributed by atoms with Crippen molar-refractivity contribution in [3.8, 4) is 0 Å². The lowest BCUT2D eigenvalue weighted by Gasteiger charge is -2.02. The fourth-order valence-electron chi connectivity index (χ4n) is 0.556. The molecular formula is C6H10ClO3P. The van der Waals surface area contributed by atoms with Gasteiger partial charge in [0, 0.05) is 12.6 Å². The molecule has 0 heterocycles. The maximum Gasteiger partial charge on any atom is 0.222 e. The van der Waals surface area contributed by atoms with Crippen molar-refractivity contribution in [1.29, 1.82) is 0 Å². The first-order chi connectivity index (χ1) is 4.98. The highest BCUT2D eigenvalue weighted by atomic mass is 35.5. The predicted octanol–water partition coefficient (Wildman–Crippen LogP) is 1.95. The van der Waals surface area contributed by atoms with Crippen LogP contribution in [0.1, 0.15) is 13.3 Å². The van der Waals surface area contributed by atoms with E-state index in [2.05, 4.69) is 0 Å². The first kappa shape index (κ1) is 10.9. The van der Waals surface area contributed by atoms with E-state index in [9.17, 15) is 9.36 Å². The van der Waals surface area contributed by atoms with Crippen LogP contribution in [0, 0.1) is 0 Å². The number of carbonyl (C=O) groups is 1. The lowest BCUT2D eigenvalue weighted by atomic mass is 10.5. The SMILES string of the molecule is CC=CP(=O)(O)CCC(=O)Cl. The zero-order valence-electron chi connectivity index (χ0n) is 6.16. The zero-order valence-corrected chi connectivity index (χ0v) is 7.81. The van der Waals surface area contributed by atoms with Crippen LogP contribution >= 0.6 is 19.0 Å². The van der Waals surface area contributed by atoms with Crippen molar-refractivity contribution >= 4 is 24.2 Å². The summed E-state index contributed by atoms with van der Waals surface area (Å²) in [4.78, 5) is 19.2. The average Bonchev–Trinajstić information content (AvgIpc) is 1.84. The molecule has 5 heteroatoms. The number of carbonyl (C=O) groups excluding carboxylic acids is 1. The monoisotopic (exact) mass is 196 g/mol. The van der Waals surface area contributed by atoms with E-state index in [1.54, 1.807) is 6.92 Å². The molecule has 0 amide bonds. The molecule has 1 unspecified atom stereocenters. The minimum atomic E-state index is -3.23. The number of allylic oxidation sites excluding steroid dienone is 1. The van der Waals surface area contributed by atoms with Gasteiger partial charge in [-0.2, -0.15) is 0 Å². The number of rotatable bonds is 4. The molecule has 0 saturated heterocycles. The van der Waals surface area contributed by atoms with E-state index >= 15 is 0 Å². The average molecular weight is 197 g/mol. The molecule has 3 nitrogen and oxygen atoms in total. The number of halogens is 1. The molecule has 0 saturated carbocycles. The third-order valence-electron chi connectivity index (χ3n) is 1.01. The Kier molecular flexibility index (Phi) is 4.66. The molecule has 0 aliphatic carbocycles. The Hall–Kier alpha value is -0.110. The minimum Gasteiger partial charge on any atom is -0.341 e. The van der Waals surface area contributed by atoms with Crippen LogP contribution in [-0.2, 0) is 9.36 Å². The van der Waals surface area contributed by atoms with Crippen molar-refractivity contribution in [2.45, 2.75) is 13.3 Å². The summed E-state index contributed by atoms with van der Waals surface area (Å²) in [6.45, 7) is 1.64. The molecule has 0 fully saturated rings. The summed E-state index contributed by atoms with van der Waals surface area (Å²) in [5.74, 6) is 1.20. The first-order valence-electron chi connectivity index (χ1n) is 3.11. The minimum absolute atomic E-state index is 0.0559. The van der Waals surface area contributed by atoms with Crippen LogP contribution in [0.5, 0.6) is 0 Å². The van der Waals surface area contributed by atoms with E-state index in [1.807, 2.05) is 0 Å². The van der Waals surface area contributed by atoms with Gasteiger partial charge in [0.25, 0.3) is 0 Å². The summed E-state index contributed by atoms with van der Waals surface area (Å²) in [6.07, 6.45) is 1.36. The largest absolute Gasteiger partial charge is 0.341 e. The van der Waals surface area contributed by atoms with E-state index in [0.717, 1.165) is 0 Å². The van der Waals surface area contributed by atoms with Crippen molar-refractivity contribution in [2.75, 3.05) is 6.16 Å². The molecule has 0 aromatic rings. The van der Waals surface area contributed by atoms with Crippen LogP contribution in [0.25, 0.3) is 0 Å². The molecule has 0 aliphatic heterocycles. The van der Waals surface area contributed by atoms with Gasteiger partial charge in [-0.25, -0.2) is 0 Å².